The smallest absolute Gasteiger partial charge is 0.467 e. The normalized spacial score (nSPS) is 13.5. The molecule has 1 aromatic carbocycles. The third-order valence-corrected chi connectivity index (χ3v) is 6.29. The van der Waals surface area contributed by atoms with Crippen molar-refractivity contribution >= 4 is 41.6 Å². The fourth-order valence-corrected chi connectivity index (χ4v) is 3.73. The number of amides is 6. The Hall–Kier alpha value is -4.90. The molecule has 7 N–H and O–H groups in total. The number of rotatable bonds is 18. The van der Waals surface area contributed by atoms with Gasteiger partial charge in [0.05, 0.1) is 7.11 Å². The van der Waals surface area contributed by atoms with Gasteiger partial charge in [0, 0.05) is 13.0 Å². The van der Waals surface area contributed by atoms with E-state index in [-0.39, 0.29) is 38.8 Å². The zero-order valence-electron chi connectivity index (χ0n) is 25.5. The summed E-state index contributed by atoms with van der Waals surface area (Å²) in [4.78, 5) is 84.7. The van der Waals surface area contributed by atoms with Crippen LogP contribution in [0.15, 0.2) is 30.3 Å². The highest BCUT2D eigenvalue weighted by Gasteiger charge is 2.38. The van der Waals surface area contributed by atoms with Crippen LogP contribution in [0.3, 0.4) is 0 Å². The molecule has 1 aromatic rings. The maximum atomic E-state index is 13.0. The Labute approximate surface area is 262 Å². The number of nitrogens with two attached hydrogens (primary N) is 1. The van der Waals surface area contributed by atoms with Crippen LogP contribution in [-0.4, -0.2) is 85.6 Å². The third-order valence-electron chi connectivity index (χ3n) is 6.29. The molecule has 6 amide bonds. The highest BCUT2D eigenvalue weighted by atomic mass is 19.4. The Bertz CT molecular complexity index is 1220. The van der Waals surface area contributed by atoms with Gasteiger partial charge in [-0.25, -0.2) is 9.59 Å². The summed E-state index contributed by atoms with van der Waals surface area (Å²) in [7, 11) is 1.12. The molecule has 0 spiro atoms. The Balaban J connectivity index is 2.79. The summed E-state index contributed by atoms with van der Waals surface area (Å²) in [6.07, 6.45) is -6.74. The van der Waals surface area contributed by atoms with Crippen LogP contribution in [0.4, 0.5) is 18.0 Å². The van der Waals surface area contributed by atoms with E-state index in [4.69, 9.17) is 10.5 Å². The predicted octanol–water partition coefficient (Wildman–Crippen LogP) is 0.0629. The first kappa shape index (κ1) is 39.1. The second-order valence-electron chi connectivity index (χ2n) is 10.1. The van der Waals surface area contributed by atoms with Crippen molar-refractivity contribution in [3.05, 3.63) is 35.9 Å². The summed E-state index contributed by atoms with van der Waals surface area (Å²) in [6.45, 7) is 2.21. The number of benzene rings is 1. The molecule has 0 saturated carbocycles. The maximum absolute atomic E-state index is 13.0. The van der Waals surface area contributed by atoms with E-state index in [1.54, 1.807) is 35.6 Å². The molecule has 0 aromatic heterocycles. The molecule has 0 radical (unpaired) electrons. The van der Waals surface area contributed by atoms with Gasteiger partial charge in [0.25, 0.3) is 0 Å². The first-order valence-corrected chi connectivity index (χ1v) is 14.1. The average molecular weight is 661 g/mol. The van der Waals surface area contributed by atoms with Crippen molar-refractivity contribution in [1.82, 2.24) is 26.6 Å². The molecule has 1 rings (SSSR count). The van der Waals surface area contributed by atoms with Gasteiger partial charge >= 0.3 is 24.1 Å². The van der Waals surface area contributed by atoms with E-state index in [2.05, 4.69) is 26.0 Å². The van der Waals surface area contributed by atoms with Gasteiger partial charge < -0.3 is 41.8 Å². The van der Waals surface area contributed by atoms with Gasteiger partial charge in [-0.1, -0.05) is 30.3 Å². The minimum absolute atomic E-state index is 0.00686. The van der Waals surface area contributed by atoms with E-state index in [1.807, 2.05) is 0 Å². The molecule has 256 valence electrons. The van der Waals surface area contributed by atoms with Gasteiger partial charge in [0.1, 0.15) is 30.8 Å². The molecule has 0 aliphatic heterocycles. The largest absolute Gasteiger partial charge is 0.471 e. The van der Waals surface area contributed by atoms with Crippen LogP contribution in [0.5, 0.6) is 0 Å². The number of carbonyl (C=O) groups excluding carboxylic acids is 7. The lowest BCUT2D eigenvalue weighted by Crippen LogP contribution is -2.54. The summed E-state index contributed by atoms with van der Waals surface area (Å²) >= 11 is 0. The number of hydrogen-bond donors (Lipinski definition) is 6. The molecule has 4 atom stereocenters. The number of ether oxygens (including phenoxy) is 2. The second kappa shape index (κ2) is 19.5. The van der Waals surface area contributed by atoms with E-state index >= 15 is 0 Å². The van der Waals surface area contributed by atoms with Gasteiger partial charge in [-0.15, -0.1) is 0 Å². The molecule has 0 aliphatic rings. The minimum Gasteiger partial charge on any atom is -0.467 e. The Morgan fingerprint density at radius 2 is 1.46 bits per heavy atom. The number of nitrogens with one attached hydrogen (secondary N) is 5. The number of halogens is 3. The minimum atomic E-state index is -5.06. The average Bonchev–Trinajstić information content (AvgIpc) is 3.00. The quantitative estimate of drug-likeness (QED) is 0.0924. The molecule has 0 saturated heterocycles. The van der Waals surface area contributed by atoms with Crippen molar-refractivity contribution in [3.63, 3.8) is 0 Å². The first-order valence-electron chi connectivity index (χ1n) is 14.1. The monoisotopic (exact) mass is 660 g/mol. The number of alkyl carbamates (subject to hydrolysis) is 1. The van der Waals surface area contributed by atoms with Crippen LogP contribution < -0.4 is 32.3 Å². The molecule has 18 heteroatoms. The van der Waals surface area contributed by atoms with E-state index in [0.717, 1.165) is 7.11 Å². The van der Waals surface area contributed by atoms with E-state index in [9.17, 15) is 46.7 Å². The molecule has 1 unspecified atom stereocenters. The Morgan fingerprint density at radius 3 is 2.04 bits per heavy atom. The van der Waals surface area contributed by atoms with Crippen LogP contribution in [0, 0.1) is 0 Å². The van der Waals surface area contributed by atoms with Crippen molar-refractivity contribution in [1.29, 1.82) is 0 Å². The summed E-state index contributed by atoms with van der Waals surface area (Å²) in [5.74, 6) is -6.16. The lowest BCUT2D eigenvalue weighted by atomic mass is 10.1. The van der Waals surface area contributed by atoms with E-state index < -0.39 is 78.4 Å². The van der Waals surface area contributed by atoms with Crippen LogP contribution in [0.2, 0.25) is 0 Å². The number of methoxy groups -OCH3 is 1. The second-order valence-corrected chi connectivity index (χ2v) is 10.1. The first-order chi connectivity index (χ1) is 21.5. The zero-order chi connectivity index (χ0) is 34.9. The topological polar surface area (TPSA) is 224 Å². The predicted molar refractivity (Wildman–Crippen MR) is 154 cm³/mol. The van der Waals surface area contributed by atoms with Gasteiger partial charge in [-0.2, -0.15) is 13.2 Å². The van der Waals surface area contributed by atoms with E-state index in [0.29, 0.717) is 5.56 Å². The van der Waals surface area contributed by atoms with E-state index in [1.165, 1.54) is 13.8 Å². The number of carbonyl (C=O) groups is 7. The summed E-state index contributed by atoms with van der Waals surface area (Å²) in [6, 6.07) is 3.86. The molecule has 46 heavy (non-hydrogen) atoms. The van der Waals surface area contributed by atoms with Gasteiger partial charge in [-0.05, 0) is 45.1 Å². The van der Waals surface area contributed by atoms with Crippen molar-refractivity contribution in [2.24, 2.45) is 5.73 Å². The Kier molecular flexibility index (Phi) is 16.6. The van der Waals surface area contributed by atoms with Gasteiger partial charge in [-0.3, -0.25) is 24.0 Å². The standard InChI is InChI=1S/C28H39F3N6O9/c1-16(23(40)35-17(2)25(42)45-3)34-24(41)20(11-7-8-14-33-26(43)28(29,30)31)36-21(38)13-12-19(22(32)39)37-27(44)46-15-18-9-5-4-6-10-18/h4-6,9-10,16-17,19-20H,7-8,11-15H2,1-3H3,(H2,32,39)(H,33,43)(H,34,41)(H,35,40)(H,36,38)(H,37,44)/t16-,17-,19?,20+/m1/s1. The van der Waals surface area contributed by atoms with Crippen molar-refractivity contribution in [3.8, 4) is 0 Å². The number of alkyl halides is 3. The molecule has 0 aliphatic carbocycles. The van der Waals surface area contributed by atoms with Crippen molar-refractivity contribution in [2.75, 3.05) is 13.7 Å². The van der Waals surface area contributed by atoms with Crippen molar-refractivity contribution in [2.45, 2.75) is 82.9 Å². The van der Waals surface area contributed by atoms with Crippen LogP contribution in [0.1, 0.15) is 51.5 Å². The third kappa shape index (κ3) is 15.2. The molecular weight excluding hydrogens is 621 g/mol. The lowest BCUT2D eigenvalue weighted by Gasteiger charge is -2.22. The Morgan fingerprint density at radius 1 is 0.826 bits per heavy atom. The number of hydrogen-bond acceptors (Lipinski definition) is 9. The van der Waals surface area contributed by atoms with Crippen molar-refractivity contribution < 1.29 is 56.2 Å². The summed E-state index contributed by atoms with van der Waals surface area (Å²) in [5.41, 5.74) is 6.03. The highest BCUT2D eigenvalue weighted by molar-refractivity contribution is 5.93. The SMILES string of the molecule is COC(=O)[C@@H](C)NC(=O)[C@@H](C)NC(=O)[C@H](CCCCNC(=O)C(F)(F)F)NC(=O)CCC(NC(=O)OCc1ccccc1)C(N)=O. The molecular formula is C28H39F3N6O9. The van der Waals surface area contributed by atoms with Gasteiger partial charge in [0.15, 0.2) is 0 Å². The number of unbranched alkanes of at least 4 members (excludes halogenated alkanes) is 1. The summed E-state index contributed by atoms with van der Waals surface area (Å²) in [5, 5.41) is 11.1. The van der Waals surface area contributed by atoms with Crippen LogP contribution in [-0.2, 0) is 44.8 Å². The molecule has 0 heterocycles. The zero-order valence-corrected chi connectivity index (χ0v) is 25.5. The van der Waals surface area contributed by atoms with Crippen LogP contribution in [0.25, 0.3) is 0 Å². The lowest BCUT2D eigenvalue weighted by molar-refractivity contribution is -0.173. The van der Waals surface area contributed by atoms with Gasteiger partial charge in [0.2, 0.25) is 23.6 Å². The highest BCUT2D eigenvalue weighted by Crippen LogP contribution is 2.14. The molecule has 15 nitrogen and oxygen atoms in total. The summed E-state index contributed by atoms with van der Waals surface area (Å²) < 4.78 is 46.8. The molecule has 0 bridgehead atoms. The molecule has 0 fully saturated rings. The fraction of sp³-hybridized carbons (Fsp3) is 0.536. The number of esters is 1. The maximum Gasteiger partial charge on any atom is 0.471 e. The number of primary amides is 1. The van der Waals surface area contributed by atoms with Crippen LogP contribution >= 0.6 is 0 Å². The fourth-order valence-electron chi connectivity index (χ4n) is 3.73.